The lowest BCUT2D eigenvalue weighted by Crippen LogP contribution is -2.56. The maximum Gasteiger partial charge on any atom is 0.413 e. The van der Waals surface area contributed by atoms with Crippen LogP contribution in [-0.4, -0.2) is 61.6 Å². The van der Waals surface area contributed by atoms with Gasteiger partial charge in [0.25, 0.3) is 0 Å². The van der Waals surface area contributed by atoms with Crippen LogP contribution < -0.4 is 25.4 Å². The third kappa shape index (κ3) is 6.00. The number of amides is 3. The van der Waals surface area contributed by atoms with Crippen LogP contribution in [0.3, 0.4) is 0 Å². The molecule has 12 heteroatoms. The van der Waals surface area contributed by atoms with E-state index in [2.05, 4.69) is 16.0 Å². The van der Waals surface area contributed by atoms with Gasteiger partial charge in [0, 0.05) is 35.8 Å². The van der Waals surface area contributed by atoms with Crippen molar-refractivity contribution < 1.29 is 32.6 Å². The van der Waals surface area contributed by atoms with Crippen molar-refractivity contribution in [1.29, 1.82) is 0 Å². The van der Waals surface area contributed by atoms with Crippen LogP contribution in [0.15, 0.2) is 36.4 Å². The predicted molar refractivity (Wildman–Crippen MR) is 145 cm³/mol. The zero-order valence-corrected chi connectivity index (χ0v) is 22.8. The molecule has 3 atom stereocenters. The number of likely N-dealkylation sites (tertiary alicyclic amines) is 1. The normalized spacial score (nSPS) is 21.9. The predicted octanol–water partition coefficient (Wildman–Crippen LogP) is 4.70. The fourth-order valence-electron chi connectivity index (χ4n) is 5.66. The molecule has 1 aliphatic heterocycles. The number of benzene rings is 2. The number of ether oxygens (including phenoxy) is 3. The SMILES string of the molecule is CCOC(=O)NC(=S)N1CC[C@]2(c3ccc(OC)c(OC)c3)CC[C@H](NC(=O)Nc3ccc(F)c(F)c3)C[C@@H]12. The van der Waals surface area contributed by atoms with Crippen molar-refractivity contribution in [3.63, 3.8) is 0 Å². The molecular weight excluding hydrogens is 530 g/mol. The molecule has 0 bridgehead atoms. The highest BCUT2D eigenvalue weighted by atomic mass is 32.1. The van der Waals surface area contributed by atoms with Crippen molar-refractivity contribution >= 4 is 35.1 Å². The standard InChI is InChI=1S/C27H32F2N4O5S/c1-4-38-26(35)32-25(39)33-12-11-27(16-5-8-21(36-2)22(13-16)37-3)10-9-18(15-23(27)33)31-24(34)30-17-6-7-19(28)20(29)14-17/h5-8,13-14,18,23H,4,9-12,15H2,1-3H3,(H2,30,31,34)(H,32,35,39)/t18-,23+,27-/m0/s1. The van der Waals surface area contributed by atoms with Gasteiger partial charge in [-0.2, -0.15) is 0 Å². The van der Waals surface area contributed by atoms with E-state index in [-0.39, 0.29) is 34.9 Å². The van der Waals surface area contributed by atoms with E-state index in [1.807, 2.05) is 23.1 Å². The number of urea groups is 1. The van der Waals surface area contributed by atoms with Gasteiger partial charge in [-0.1, -0.05) is 6.07 Å². The fourth-order valence-corrected chi connectivity index (χ4v) is 5.96. The number of halogens is 2. The molecule has 3 amide bonds. The summed E-state index contributed by atoms with van der Waals surface area (Å²) in [5.74, 6) is -0.810. The van der Waals surface area contributed by atoms with Crippen LogP contribution in [0.4, 0.5) is 24.1 Å². The highest BCUT2D eigenvalue weighted by Gasteiger charge is 2.52. The molecule has 4 rings (SSSR count). The van der Waals surface area contributed by atoms with Crippen LogP contribution in [0.2, 0.25) is 0 Å². The zero-order chi connectivity index (χ0) is 28.2. The van der Waals surface area contributed by atoms with Gasteiger partial charge < -0.3 is 29.7 Å². The van der Waals surface area contributed by atoms with Crippen LogP contribution in [0.25, 0.3) is 0 Å². The van der Waals surface area contributed by atoms with Gasteiger partial charge in [-0.15, -0.1) is 0 Å². The number of methoxy groups -OCH3 is 2. The maximum atomic E-state index is 13.6. The number of hydrogen-bond acceptors (Lipinski definition) is 6. The van der Waals surface area contributed by atoms with Crippen LogP contribution in [0.1, 0.15) is 38.2 Å². The van der Waals surface area contributed by atoms with Gasteiger partial charge in [0.2, 0.25) is 0 Å². The number of carbonyl (C=O) groups excluding carboxylic acids is 2. The minimum absolute atomic E-state index is 0.143. The first kappa shape index (κ1) is 28.3. The number of rotatable bonds is 6. The van der Waals surface area contributed by atoms with Crippen molar-refractivity contribution in [3.05, 3.63) is 53.6 Å². The first-order valence-corrected chi connectivity index (χ1v) is 13.1. The molecule has 1 saturated carbocycles. The third-order valence-electron chi connectivity index (χ3n) is 7.48. The lowest BCUT2D eigenvalue weighted by molar-refractivity contribution is 0.153. The lowest BCUT2D eigenvalue weighted by atomic mass is 9.65. The van der Waals surface area contributed by atoms with Crippen molar-refractivity contribution in [2.24, 2.45) is 0 Å². The molecule has 1 aliphatic carbocycles. The molecule has 0 radical (unpaired) electrons. The number of carbonyl (C=O) groups is 2. The number of nitrogens with zero attached hydrogens (tertiary/aromatic N) is 1. The van der Waals surface area contributed by atoms with Gasteiger partial charge in [-0.05, 0) is 74.7 Å². The summed E-state index contributed by atoms with van der Waals surface area (Å²) in [6.45, 7) is 2.52. The molecule has 39 heavy (non-hydrogen) atoms. The summed E-state index contributed by atoms with van der Waals surface area (Å²) in [6, 6.07) is 8.11. The zero-order valence-electron chi connectivity index (χ0n) is 22.0. The topological polar surface area (TPSA) is 101 Å². The Morgan fingerprint density at radius 3 is 2.54 bits per heavy atom. The molecule has 210 valence electrons. The number of alkyl carbamates (subject to hydrolysis) is 1. The van der Waals surface area contributed by atoms with Crippen LogP contribution in [0, 0.1) is 11.6 Å². The molecule has 2 aromatic rings. The Morgan fingerprint density at radius 1 is 1.08 bits per heavy atom. The Bertz CT molecular complexity index is 1250. The summed E-state index contributed by atoms with van der Waals surface area (Å²) in [7, 11) is 3.17. The number of hydrogen-bond donors (Lipinski definition) is 3. The number of nitrogens with one attached hydrogen (secondary N) is 3. The second kappa shape index (κ2) is 12.0. The molecule has 0 spiro atoms. The second-order valence-corrected chi connectivity index (χ2v) is 9.92. The number of anilines is 1. The summed E-state index contributed by atoms with van der Waals surface area (Å²) in [6.07, 6.45) is 2.07. The molecule has 0 aromatic heterocycles. The monoisotopic (exact) mass is 562 g/mol. The largest absolute Gasteiger partial charge is 0.493 e. The number of fused-ring (bicyclic) bond motifs is 1. The first-order valence-electron chi connectivity index (χ1n) is 12.7. The molecule has 0 unspecified atom stereocenters. The molecule has 2 aromatic carbocycles. The van der Waals surface area contributed by atoms with Crippen molar-refractivity contribution in [2.75, 3.05) is 32.7 Å². The molecular formula is C27H32F2N4O5S. The van der Waals surface area contributed by atoms with Gasteiger partial charge in [0.15, 0.2) is 28.2 Å². The third-order valence-corrected chi connectivity index (χ3v) is 7.81. The fraction of sp³-hybridized carbons (Fsp3) is 0.444. The van der Waals surface area contributed by atoms with E-state index in [1.165, 1.54) is 6.07 Å². The lowest BCUT2D eigenvalue weighted by Gasteiger charge is -2.45. The van der Waals surface area contributed by atoms with E-state index in [0.29, 0.717) is 30.9 Å². The minimum Gasteiger partial charge on any atom is -0.493 e. The van der Waals surface area contributed by atoms with E-state index in [4.69, 9.17) is 26.4 Å². The summed E-state index contributed by atoms with van der Waals surface area (Å²) >= 11 is 5.60. The highest BCUT2D eigenvalue weighted by molar-refractivity contribution is 7.80. The molecule has 3 N–H and O–H groups in total. The quantitative estimate of drug-likeness (QED) is 0.439. The Hall–Kier alpha value is -3.67. The van der Waals surface area contributed by atoms with Gasteiger partial charge in [0.1, 0.15) is 0 Å². The second-order valence-electron chi connectivity index (χ2n) is 9.53. The molecule has 1 saturated heterocycles. The minimum atomic E-state index is -1.05. The van der Waals surface area contributed by atoms with E-state index in [0.717, 1.165) is 30.5 Å². The molecule has 9 nitrogen and oxygen atoms in total. The smallest absolute Gasteiger partial charge is 0.413 e. The Balaban J connectivity index is 1.57. The molecule has 2 fully saturated rings. The van der Waals surface area contributed by atoms with Crippen molar-refractivity contribution in [3.8, 4) is 11.5 Å². The Kier molecular flexibility index (Phi) is 8.73. The van der Waals surface area contributed by atoms with E-state index in [9.17, 15) is 18.4 Å². The van der Waals surface area contributed by atoms with Crippen LogP contribution in [-0.2, 0) is 10.2 Å². The van der Waals surface area contributed by atoms with Gasteiger partial charge in [-0.3, -0.25) is 5.32 Å². The summed E-state index contributed by atoms with van der Waals surface area (Å²) in [5.41, 5.74) is 0.870. The maximum absolute atomic E-state index is 13.6. The summed E-state index contributed by atoms with van der Waals surface area (Å²) in [4.78, 5) is 26.8. The van der Waals surface area contributed by atoms with E-state index >= 15 is 0 Å². The van der Waals surface area contributed by atoms with Crippen LogP contribution >= 0.6 is 12.2 Å². The summed E-state index contributed by atoms with van der Waals surface area (Å²) in [5, 5.41) is 8.42. The van der Waals surface area contributed by atoms with Gasteiger partial charge in [-0.25, -0.2) is 18.4 Å². The van der Waals surface area contributed by atoms with E-state index < -0.39 is 23.8 Å². The Morgan fingerprint density at radius 2 is 1.85 bits per heavy atom. The number of thiocarbonyl (C=S) groups is 1. The van der Waals surface area contributed by atoms with Crippen molar-refractivity contribution in [1.82, 2.24) is 15.5 Å². The van der Waals surface area contributed by atoms with E-state index in [1.54, 1.807) is 21.1 Å². The van der Waals surface area contributed by atoms with Crippen LogP contribution in [0.5, 0.6) is 11.5 Å². The highest BCUT2D eigenvalue weighted by Crippen LogP contribution is 2.50. The summed E-state index contributed by atoms with van der Waals surface area (Å²) < 4.78 is 42.8. The molecule has 2 aliphatic rings. The van der Waals surface area contributed by atoms with Gasteiger partial charge in [0.05, 0.1) is 20.8 Å². The van der Waals surface area contributed by atoms with Gasteiger partial charge >= 0.3 is 12.1 Å². The first-order chi connectivity index (χ1) is 18.7. The van der Waals surface area contributed by atoms with Crippen molar-refractivity contribution in [2.45, 2.75) is 50.1 Å². The Labute approximate surface area is 231 Å². The average molecular weight is 563 g/mol. The average Bonchev–Trinajstić information content (AvgIpc) is 3.30. The molecule has 1 heterocycles.